The summed E-state index contributed by atoms with van der Waals surface area (Å²) in [6.07, 6.45) is 0. The van der Waals surface area contributed by atoms with Crippen LogP contribution in [0.4, 0.5) is 4.79 Å². The molecule has 0 aliphatic heterocycles. The number of carbonyl (C=O) groups excluding carboxylic acids is 2. The summed E-state index contributed by atoms with van der Waals surface area (Å²) in [7, 11) is 0. The molecule has 2 heterocycles. The highest BCUT2D eigenvalue weighted by Gasteiger charge is 2.22. The van der Waals surface area contributed by atoms with Crippen molar-refractivity contribution in [3.05, 3.63) is 77.1 Å². The molecule has 2 aromatic heterocycles. The predicted octanol–water partition coefficient (Wildman–Crippen LogP) is 3.79. The number of benzene rings is 2. The fourth-order valence-electron chi connectivity index (χ4n) is 3.03. The van der Waals surface area contributed by atoms with E-state index in [0.29, 0.717) is 21.1 Å². The lowest BCUT2D eigenvalue weighted by atomic mass is 10.2. The molecule has 1 unspecified atom stereocenters. The maximum absolute atomic E-state index is 13.5. The van der Waals surface area contributed by atoms with Gasteiger partial charge in [-0.2, -0.15) is 0 Å². The highest BCUT2D eigenvalue weighted by molar-refractivity contribution is 8.00. The molecule has 9 heteroatoms. The van der Waals surface area contributed by atoms with Crippen LogP contribution in [-0.4, -0.2) is 26.7 Å². The van der Waals surface area contributed by atoms with Crippen molar-refractivity contribution < 1.29 is 9.59 Å². The van der Waals surface area contributed by atoms with Crippen molar-refractivity contribution in [2.45, 2.75) is 17.3 Å². The Morgan fingerprint density at radius 2 is 1.74 bits per heavy atom. The molecule has 3 N–H and O–H groups in total. The van der Waals surface area contributed by atoms with Crippen molar-refractivity contribution in [3.8, 4) is 16.1 Å². The molecule has 4 aromatic rings. The second kappa shape index (κ2) is 8.75. The smallest absolute Gasteiger partial charge is 0.318 e. The summed E-state index contributed by atoms with van der Waals surface area (Å²) < 4.78 is 1.49. The van der Waals surface area contributed by atoms with E-state index >= 15 is 0 Å². The number of thioether (sulfide) groups is 1. The molecule has 0 radical (unpaired) electrons. The lowest BCUT2D eigenvalue weighted by molar-refractivity contribution is -0.119. The molecule has 0 saturated carbocycles. The van der Waals surface area contributed by atoms with E-state index in [1.807, 2.05) is 54.6 Å². The van der Waals surface area contributed by atoms with E-state index in [9.17, 15) is 14.4 Å². The van der Waals surface area contributed by atoms with Crippen LogP contribution in [0.3, 0.4) is 0 Å². The average molecular weight is 451 g/mol. The quantitative estimate of drug-likeness (QED) is 0.355. The summed E-state index contributed by atoms with van der Waals surface area (Å²) in [4.78, 5) is 42.9. The van der Waals surface area contributed by atoms with Crippen molar-refractivity contribution in [1.29, 1.82) is 0 Å². The Labute approximate surface area is 185 Å². The first-order chi connectivity index (χ1) is 14.9. The zero-order valence-electron chi connectivity index (χ0n) is 16.4. The maximum Gasteiger partial charge on any atom is 0.318 e. The maximum atomic E-state index is 13.5. The summed E-state index contributed by atoms with van der Waals surface area (Å²) in [6, 6.07) is 19.8. The Hall–Kier alpha value is -3.43. The lowest BCUT2D eigenvalue weighted by Crippen LogP contribution is -2.39. The number of fused-ring (bicyclic) bond motifs is 1. The number of thiophene rings is 1. The summed E-state index contributed by atoms with van der Waals surface area (Å²) in [5, 5.41) is 2.24. The summed E-state index contributed by atoms with van der Waals surface area (Å²) in [5.41, 5.74) is 6.47. The van der Waals surface area contributed by atoms with E-state index in [1.54, 1.807) is 19.1 Å². The Morgan fingerprint density at radius 3 is 2.39 bits per heavy atom. The van der Waals surface area contributed by atoms with Gasteiger partial charge in [0.1, 0.15) is 4.83 Å². The number of aromatic nitrogens is 2. The third-order valence-electron chi connectivity index (χ3n) is 4.50. The van der Waals surface area contributed by atoms with Gasteiger partial charge in [0.25, 0.3) is 5.56 Å². The number of nitrogens with zero attached hydrogens (tertiary/aromatic N) is 2. The van der Waals surface area contributed by atoms with Crippen LogP contribution in [-0.2, 0) is 4.79 Å². The zero-order chi connectivity index (χ0) is 22.0. The number of para-hydroxylation sites is 1. The first kappa shape index (κ1) is 20.8. The van der Waals surface area contributed by atoms with Crippen LogP contribution in [0.15, 0.2) is 76.7 Å². The van der Waals surface area contributed by atoms with Crippen molar-refractivity contribution >= 4 is 45.3 Å². The molecular weight excluding hydrogens is 432 g/mol. The number of urea groups is 1. The van der Waals surface area contributed by atoms with Crippen LogP contribution in [0.25, 0.3) is 26.3 Å². The van der Waals surface area contributed by atoms with Crippen LogP contribution in [0.1, 0.15) is 6.92 Å². The SMILES string of the molecule is CC(Sc1nc2sc(-c3ccccc3)cc2c(=O)n1-c1ccccc1)C(=O)NC(N)=O. The number of nitrogens with one attached hydrogen (secondary N) is 1. The monoisotopic (exact) mass is 450 g/mol. The van der Waals surface area contributed by atoms with Gasteiger partial charge in [-0.25, -0.2) is 9.78 Å². The second-order valence-electron chi connectivity index (χ2n) is 6.68. The number of hydrogen-bond donors (Lipinski definition) is 2. The average Bonchev–Trinajstić information content (AvgIpc) is 3.19. The van der Waals surface area contributed by atoms with Gasteiger partial charge in [0.15, 0.2) is 5.16 Å². The second-order valence-corrected chi connectivity index (χ2v) is 9.02. The molecule has 31 heavy (non-hydrogen) atoms. The van der Waals surface area contributed by atoms with Crippen LogP contribution in [0.2, 0.25) is 0 Å². The van der Waals surface area contributed by atoms with Crippen LogP contribution >= 0.6 is 23.1 Å². The number of primary amides is 1. The summed E-state index contributed by atoms with van der Waals surface area (Å²) in [6.45, 7) is 1.62. The fraction of sp³-hybridized carbons (Fsp3) is 0.0909. The van der Waals surface area contributed by atoms with E-state index in [1.165, 1.54) is 15.9 Å². The molecular formula is C22H18N4O3S2. The largest absolute Gasteiger partial charge is 0.351 e. The molecule has 156 valence electrons. The minimum atomic E-state index is -0.924. The number of hydrogen-bond acceptors (Lipinski definition) is 6. The number of nitrogens with two attached hydrogens (primary N) is 1. The predicted molar refractivity (Wildman–Crippen MR) is 124 cm³/mol. The third kappa shape index (κ3) is 4.37. The summed E-state index contributed by atoms with van der Waals surface area (Å²) in [5.74, 6) is -0.553. The van der Waals surface area contributed by atoms with Crippen molar-refractivity contribution in [2.75, 3.05) is 0 Å². The van der Waals surface area contributed by atoms with Gasteiger partial charge < -0.3 is 5.73 Å². The molecule has 2 aromatic carbocycles. The molecule has 0 saturated heterocycles. The number of carbonyl (C=O) groups is 2. The minimum absolute atomic E-state index is 0.223. The highest BCUT2D eigenvalue weighted by Crippen LogP contribution is 2.33. The standard InChI is InChI=1S/C22H18N4O3S2/c1-13(18(27)24-21(23)29)30-22-25-19-16(12-17(31-19)14-8-4-2-5-9-14)20(28)26(22)15-10-6-3-7-11-15/h2-13H,1H3,(H3,23,24,27,29). The normalized spacial score (nSPS) is 11.9. The van der Waals surface area contributed by atoms with Gasteiger partial charge in [-0.1, -0.05) is 60.3 Å². The molecule has 0 bridgehead atoms. The first-order valence-corrected chi connectivity index (χ1v) is 11.1. The van der Waals surface area contributed by atoms with E-state index in [-0.39, 0.29) is 5.56 Å². The van der Waals surface area contributed by atoms with E-state index in [4.69, 9.17) is 10.7 Å². The lowest BCUT2D eigenvalue weighted by Gasteiger charge is -2.15. The molecule has 3 amide bonds. The van der Waals surface area contributed by atoms with Crippen LogP contribution in [0, 0.1) is 0 Å². The molecule has 7 nitrogen and oxygen atoms in total. The van der Waals surface area contributed by atoms with Crippen LogP contribution < -0.4 is 16.6 Å². The summed E-state index contributed by atoms with van der Waals surface area (Å²) >= 11 is 2.50. The number of imide groups is 1. The first-order valence-electron chi connectivity index (χ1n) is 9.38. The Morgan fingerprint density at radius 1 is 1.10 bits per heavy atom. The van der Waals surface area contributed by atoms with Gasteiger partial charge >= 0.3 is 6.03 Å². The van der Waals surface area contributed by atoms with Crippen molar-refractivity contribution in [1.82, 2.24) is 14.9 Å². The fourth-order valence-corrected chi connectivity index (χ4v) is 5.03. The molecule has 1 atom stereocenters. The topological polar surface area (TPSA) is 107 Å². The number of rotatable bonds is 5. The van der Waals surface area contributed by atoms with Gasteiger partial charge in [0, 0.05) is 4.88 Å². The zero-order valence-corrected chi connectivity index (χ0v) is 18.1. The molecule has 0 spiro atoms. The third-order valence-corrected chi connectivity index (χ3v) is 6.64. The molecule has 0 aliphatic carbocycles. The Balaban J connectivity index is 1.86. The van der Waals surface area contributed by atoms with Gasteiger partial charge in [-0.15, -0.1) is 11.3 Å². The van der Waals surface area contributed by atoms with E-state index in [2.05, 4.69) is 5.32 Å². The highest BCUT2D eigenvalue weighted by atomic mass is 32.2. The van der Waals surface area contributed by atoms with Gasteiger partial charge in [-0.05, 0) is 30.7 Å². The van der Waals surface area contributed by atoms with E-state index in [0.717, 1.165) is 22.2 Å². The van der Waals surface area contributed by atoms with Crippen molar-refractivity contribution in [2.24, 2.45) is 5.73 Å². The Bertz CT molecular complexity index is 1320. The van der Waals surface area contributed by atoms with Gasteiger partial charge in [0.2, 0.25) is 5.91 Å². The van der Waals surface area contributed by atoms with Gasteiger partial charge in [0.05, 0.1) is 16.3 Å². The molecule has 0 aliphatic rings. The minimum Gasteiger partial charge on any atom is -0.351 e. The Kier molecular flexibility index (Phi) is 5.88. The number of amides is 3. The molecule has 0 fully saturated rings. The van der Waals surface area contributed by atoms with Gasteiger partial charge in [-0.3, -0.25) is 19.5 Å². The van der Waals surface area contributed by atoms with E-state index < -0.39 is 17.2 Å². The van der Waals surface area contributed by atoms with Crippen molar-refractivity contribution in [3.63, 3.8) is 0 Å². The van der Waals surface area contributed by atoms with Crippen LogP contribution in [0.5, 0.6) is 0 Å². The molecule has 4 rings (SSSR count).